The van der Waals surface area contributed by atoms with Crippen LogP contribution in [0.5, 0.6) is 0 Å². The van der Waals surface area contributed by atoms with Crippen molar-refractivity contribution in [3.05, 3.63) is 129 Å². The fourth-order valence-electron chi connectivity index (χ4n) is 9.07. The van der Waals surface area contributed by atoms with Crippen molar-refractivity contribution < 1.29 is 37.2 Å². The summed E-state index contributed by atoms with van der Waals surface area (Å²) in [5.41, 5.74) is 9.19. The van der Waals surface area contributed by atoms with Crippen LogP contribution in [0.1, 0.15) is 302 Å². The van der Waals surface area contributed by atoms with Crippen molar-refractivity contribution in [2.75, 3.05) is 39.6 Å². The van der Waals surface area contributed by atoms with Crippen LogP contribution in [0.4, 0.5) is 8.78 Å². The van der Waals surface area contributed by atoms with E-state index in [1.54, 1.807) is 37.1 Å². The molecule has 6 atom stereocenters. The Bertz CT molecular complexity index is 1820. The molecule has 0 amide bonds. The zero-order valence-corrected chi connectivity index (χ0v) is 56.2. The smallest absolute Gasteiger partial charge is 0.154 e. The average Bonchev–Trinajstić information content (AvgIpc) is 3.67. The molecule has 0 bridgehead atoms. The Hall–Kier alpha value is -3.24. The van der Waals surface area contributed by atoms with Crippen LogP contribution in [0.2, 0.25) is 0 Å². The first-order valence-electron chi connectivity index (χ1n) is 32.2. The van der Waals surface area contributed by atoms with Crippen molar-refractivity contribution in [3.63, 3.8) is 0 Å². The molecule has 4 saturated heterocycles. The Kier molecular flexibility index (Phi) is 82.5. The summed E-state index contributed by atoms with van der Waals surface area (Å²) < 4.78 is 56.6. The summed E-state index contributed by atoms with van der Waals surface area (Å²) in [5.74, 6) is 6.44. The third-order valence-electron chi connectivity index (χ3n) is 15.9. The first-order chi connectivity index (χ1) is 38.7. The van der Waals surface area contributed by atoms with Gasteiger partial charge < -0.3 is 28.4 Å². The van der Waals surface area contributed by atoms with Crippen LogP contribution in [0.3, 0.4) is 0 Å². The molecule has 8 heteroatoms. The van der Waals surface area contributed by atoms with Crippen LogP contribution in [-0.2, 0) is 28.4 Å². The van der Waals surface area contributed by atoms with Gasteiger partial charge >= 0.3 is 0 Å². The maximum absolute atomic E-state index is 12.6. The molecule has 0 spiro atoms. The van der Waals surface area contributed by atoms with E-state index in [-0.39, 0.29) is 106 Å². The van der Waals surface area contributed by atoms with E-state index < -0.39 is 0 Å². The molecule has 93 heavy (non-hydrogen) atoms. The predicted molar refractivity (Wildman–Crippen MR) is 421 cm³/mol. The maximum Gasteiger partial charge on any atom is 0.154 e. The number of hydrogen-bond donors (Lipinski definition) is 0. The van der Waals surface area contributed by atoms with E-state index in [1.165, 1.54) is 113 Å². The molecule has 0 N–H and O–H groups in total. The molecule has 6 nitrogen and oxygen atoms in total. The lowest BCUT2D eigenvalue weighted by Gasteiger charge is -2.24. The molecule has 4 aliphatic heterocycles. The monoisotopic (exact) mass is 1320 g/mol. The van der Waals surface area contributed by atoms with Crippen molar-refractivity contribution in [1.82, 2.24) is 0 Å². The standard InChI is InChI=1S/2C8H9F.C8H16.2C8H14.C8H10.2C7H14O.2C6H12O2.11CH4/c2*1-6-3-4-7(2)8(9)5-6;4*1-7-3-5-8(2)6-4-7;2*1-6-3-4-7(2)8-5-6;2*1-5-3-7-6(2)8-4-5;;;;;;;;;;;/h2*3-5H,1-2H3;7-8H,3-6H2,1-2H3;2*3,8H,4-6H2,1-2H3;3-6H,1-2H3;2*6-7H,3-5H2,1-2H3;2*5-6H,3-4H2,1-2H3;11*1H4. The molecule has 0 aromatic heterocycles. The molecule has 3 aromatic rings. The highest BCUT2D eigenvalue weighted by Gasteiger charge is 2.17. The first-order valence-corrected chi connectivity index (χ1v) is 32.2. The van der Waals surface area contributed by atoms with E-state index in [9.17, 15) is 8.78 Å². The Balaban J connectivity index is -0.0000000881. The van der Waals surface area contributed by atoms with Gasteiger partial charge in [0.25, 0.3) is 0 Å². The number of benzene rings is 3. The van der Waals surface area contributed by atoms with E-state index in [2.05, 4.69) is 133 Å². The summed E-state index contributed by atoms with van der Waals surface area (Å²) in [5, 5.41) is 0. The fraction of sp³-hybridized carbons (Fsp3) is 0.741. The van der Waals surface area contributed by atoms with Crippen LogP contribution in [-0.4, -0.2) is 64.4 Å². The van der Waals surface area contributed by atoms with Gasteiger partial charge in [-0.25, -0.2) is 8.78 Å². The SMILES string of the molecule is C.C.C.C.C.C.C.C.C.C.C.CC1=CCC(C)CC1.CC1=CCC(C)CC1.CC1CCC(C)CC1.CC1CCC(C)OC1.CC1CCC(C)OC1.CC1COC(C)OC1.CC1COC(C)OC1.Cc1ccc(C)c(F)c1.Cc1ccc(C)c(F)c1.Cc1ccc(C)cc1. The van der Waals surface area contributed by atoms with Gasteiger partial charge in [0, 0.05) is 25.0 Å². The van der Waals surface area contributed by atoms with Gasteiger partial charge in [-0.15, -0.1) is 0 Å². The lowest BCUT2D eigenvalue weighted by molar-refractivity contribution is -0.187. The molecular formula is C85H168F2O6. The minimum absolute atomic E-state index is 0. The Labute approximate surface area is 585 Å². The van der Waals surface area contributed by atoms with Crippen LogP contribution in [0, 0.1) is 101 Å². The van der Waals surface area contributed by atoms with Gasteiger partial charge in [-0.3, -0.25) is 0 Å². The molecule has 4 heterocycles. The number of halogens is 2. The van der Waals surface area contributed by atoms with E-state index in [1.807, 2.05) is 39.8 Å². The quantitative estimate of drug-likeness (QED) is 0.209. The Morgan fingerprint density at radius 3 is 0.710 bits per heavy atom. The van der Waals surface area contributed by atoms with Crippen LogP contribution < -0.4 is 0 Å². The molecule has 10 rings (SSSR count). The van der Waals surface area contributed by atoms with Gasteiger partial charge in [-0.2, -0.15) is 0 Å². The van der Waals surface area contributed by atoms with Gasteiger partial charge in [0.05, 0.1) is 38.6 Å². The summed E-state index contributed by atoms with van der Waals surface area (Å²) in [6.07, 6.45) is 25.0. The summed E-state index contributed by atoms with van der Waals surface area (Å²) in [6.45, 7) is 47.5. The fourth-order valence-corrected chi connectivity index (χ4v) is 9.07. The summed E-state index contributed by atoms with van der Waals surface area (Å²) in [4.78, 5) is 0. The van der Waals surface area contributed by atoms with Gasteiger partial charge in [0.15, 0.2) is 12.6 Å². The molecule has 6 unspecified atom stereocenters. The lowest BCUT2D eigenvalue weighted by atomic mass is 9.84. The Morgan fingerprint density at radius 1 is 0.280 bits per heavy atom. The van der Waals surface area contributed by atoms with Crippen molar-refractivity contribution in [2.24, 2.45) is 47.3 Å². The highest BCUT2D eigenvalue weighted by molar-refractivity contribution is 5.23. The molecule has 3 aliphatic carbocycles. The van der Waals surface area contributed by atoms with Crippen LogP contribution >= 0.6 is 0 Å². The maximum atomic E-state index is 12.6. The lowest BCUT2D eigenvalue weighted by Crippen LogP contribution is -2.27. The summed E-state index contributed by atoms with van der Waals surface area (Å²) >= 11 is 0. The first kappa shape index (κ1) is 114. The van der Waals surface area contributed by atoms with Gasteiger partial charge in [0.2, 0.25) is 0 Å². The van der Waals surface area contributed by atoms with Crippen LogP contribution in [0.25, 0.3) is 0 Å². The predicted octanol–water partition coefficient (Wildman–Crippen LogP) is 28.2. The van der Waals surface area contributed by atoms with Gasteiger partial charge in [-0.1, -0.05) is 246 Å². The minimum Gasteiger partial charge on any atom is -0.378 e. The number of rotatable bonds is 0. The topological polar surface area (TPSA) is 55.4 Å². The molecule has 1 saturated carbocycles. The third-order valence-corrected chi connectivity index (χ3v) is 15.9. The second-order valence-electron chi connectivity index (χ2n) is 26.2. The van der Waals surface area contributed by atoms with E-state index in [0.29, 0.717) is 35.2 Å². The van der Waals surface area contributed by atoms with Crippen molar-refractivity contribution in [2.45, 2.75) is 335 Å². The van der Waals surface area contributed by atoms with Gasteiger partial charge in [-0.05, 0) is 217 Å². The zero-order chi connectivity index (χ0) is 61.6. The number of ether oxygens (including phenoxy) is 6. The third kappa shape index (κ3) is 63.3. The molecule has 0 radical (unpaired) electrons. The number of allylic oxidation sites excluding steroid dienone is 4. The van der Waals surface area contributed by atoms with E-state index in [0.717, 1.165) is 86.3 Å². The summed E-state index contributed by atoms with van der Waals surface area (Å²) in [6, 6.07) is 18.9. The van der Waals surface area contributed by atoms with E-state index in [4.69, 9.17) is 28.4 Å². The summed E-state index contributed by atoms with van der Waals surface area (Å²) in [7, 11) is 0. The Morgan fingerprint density at radius 2 is 0.527 bits per heavy atom. The van der Waals surface area contributed by atoms with Crippen molar-refractivity contribution in [1.29, 1.82) is 0 Å². The zero-order valence-electron chi connectivity index (χ0n) is 56.2. The normalized spacial score (nSPS) is 24.9. The number of aryl methyl sites for hydroxylation is 6. The average molecular weight is 1320 g/mol. The van der Waals surface area contributed by atoms with E-state index >= 15 is 0 Å². The van der Waals surface area contributed by atoms with Crippen LogP contribution in [0.15, 0.2) is 84.0 Å². The minimum atomic E-state index is -0.116. The van der Waals surface area contributed by atoms with Crippen molar-refractivity contribution >= 4 is 0 Å². The van der Waals surface area contributed by atoms with Gasteiger partial charge in [0.1, 0.15) is 11.6 Å². The molecule has 3 aromatic carbocycles. The highest BCUT2D eigenvalue weighted by Crippen LogP contribution is 2.27. The highest BCUT2D eigenvalue weighted by atomic mass is 19.1. The second kappa shape index (κ2) is 67.3. The number of hydrogen-bond acceptors (Lipinski definition) is 6. The molecular weight excluding hydrogens is 1150 g/mol. The largest absolute Gasteiger partial charge is 0.378 e. The molecule has 5 fully saturated rings. The van der Waals surface area contributed by atoms with Crippen molar-refractivity contribution in [3.8, 4) is 0 Å². The molecule has 558 valence electrons. The molecule has 7 aliphatic rings. The second-order valence-corrected chi connectivity index (χ2v) is 26.2.